The Morgan fingerprint density at radius 2 is 1.37 bits per heavy atom. The molecule has 0 aliphatic carbocycles. The number of hydrogen-bond donors (Lipinski definition) is 8. The minimum Gasteiger partial charge on any atom is -0.463 e. The summed E-state index contributed by atoms with van der Waals surface area (Å²) in [5.41, 5.74) is 16.7. The third kappa shape index (κ3) is 17.9. The molecular weight excluding hydrogens is 542 g/mol. The van der Waals surface area contributed by atoms with Crippen molar-refractivity contribution >= 4 is 23.8 Å². The molecule has 2 amide bonds. The Morgan fingerprint density at radius 3 is 1.88 bits per heavy atom. The lowest BCUT2D eigenvalue weighted by atomic mass is 10.0. The van der Waals surface area contributed by atoms with Crippen LogP contribution in [-0.2, 0) is 28.7 Å². The quantitative estimate of drug-likeness (QED) is 0.0417. The Kier molecular flexibility index (Phi) is 20.9. The van der Waals surface area contributed by atoms with Crippen LogP contribution < -0.4 is 22.5 Å². The van der Waals surface area contributed by atoms with Crippen molar-refractivity contribution in [3.05, 3.63) is 0 Å². The lowest BCUT2D eigenvalue weighted by Gasteiger charge is -2.26. The van der Waals surface area contributed by atoms with Gasteiger partial charge in [-0.1, -0.05) is 13.3 Å². The first kappa shape index (κ1) is 38.6. The van der Waals surface area contributed by atoms with Crippen molar-refractivity contribution in [3.8, 4) is 0 Å². The van der Waals surface area contributed by atoms with Crippen LogP contribution in [0.1, 0.15) is 64.7 Å². The molecule has 0 aromatic rings. The predicted molar refractivity (Wildman–Crippen MR) is 149 cm³/mol. The highest BCUT2D eigenvalue weighted by Crippen LogP contribution is 2.09. The van der Waals surface area contributed by atoms with E-state index in [4.69, 9.17) is 26.7 Å². The molecule has 0 saturated heterocycles. The van der Waals surface area contributed by atoms with Gasteiger partial charge in [-0.2, -0.15) is 0 Å². The molecule has 0 saturated carbocycles. The second-order valence-corrected chi connectivity index (χ2v) is 10.1. The molecular formula is C26H51N5O10. The van der Waals surface area contributed by atoms with Crippen molar-refractivity contribution in [2.24, 2.45) is 17.2 Å². The van der Waals surface area contributed by atoms with Crippen LogP contribution in [0.4, 0.5) is 0 Å². The highest BCUT2D eigenvalue weighted by atomic mass is 16.5. The first-order valence-corrected chi connectivity index (χ1v) is 14.1. The minimum atomic E-state index is -1.84. The maximum atomic E-state index is 12.2. The van der Waals surface area contributed by atoms with E-state index >= 15 is 0 Å². The Labute approximate surface area is 241 Å². The van der Waals surface area contributed by atoms with Crippen molar-refractivity contribution < 1.29 is 49.1 Å². The van der Waals surface area contributed by atoms with E-state index in [9.17, 15) is 39.6 Å². The van der Waals surface area contributed by atoms with Gasteiger partial charge >= 0.3 is 11.9 Å². The molecule has 0 radical (unpaired) electrons. The number of nitrogens with zero attached hydrogens (tertiary/aromatic N) is 1. The summed E-state index contributed by atoms with van der Waals surface area (Å²) >= 11 is 0. The molecule has 41 heavy (non-hydrogen) atoms. The third-order valence-electron chi connectivity index (χ3n) is 6.37. The molecule has 0 aliphatic heterocycles. The van der Waals surface area contributed by atoms with Crippen molar-refractivity contribution in [3.63, 3.8) is 0 Å². The monoisotopic (exact) mass is 593 g/mol. The Morgan fingerprint density at radius 1 is 0.829 bits per heavy atom. The number of amides is 2. The van der Waals surface area contributed by atoms with Crippen LogP contribution in [0.25, 0.3) is 0 Å². The van der Waals surface area contributed by atoms with Crippen LogP contribution in [0.5, 0.6) is 0 Å². The zero-order valence-electron chi connectivity index (χ0n) is 24.3. The highest BCUT2D eigenvalue weighted by Gasteiger charge is 2.32. The molecule has 0 aromatic carbocycles. The zero-order valence-corrected chi connectivity index (χ0v) is 24.3. The van der Waals surface area contributed by atoms with Crippen LogP contribution in [-0.4, -0.2) is 125 Å². The first-order chi connectivity index (χ1) is 19.3. The lowest BCUT2D eigenvalue weighted by Crippen LogP contribution is -2.50. The Hall–Kier alpha value is -2.40. The van der Waals surface area contributed by atoms with Crippen LogP contribution in [0.15, 0.2) is 0 Å². The van der Waals surface area contributed by atoms with Gasteiger partial charge in [-0.05, 0) is 58.7 Å². The average Bonchev–Trinajstić information content (AvgIpc) is 2.93. The smallest absolute Gasteiger partial charge is 0.307 e. The van der Waals surface area contributed by atoms with Crippen LogP contribution in [0.2, 0.25) is 0 Å². The number of unbranched alkanes of at least 4 members (excludes halogenated alkanes) is 2. The lowest BCUT2D eigenvalue weighted by molar-refractivity contribution is -0.162. The summed E-state index contributed by atoms with van der Waals surface area (Å²) in [4.78, 5) is 49.2. The van der Waals surface area contributed by atoms with Crippen LogP contribution in [0, 0.1) is 0 Å². The number of nitrogens with two attached hydrogens (primary N) is 3. The number of carbonyl (C=O) groups is 4. The number of esters is 2. The highest BCUT2D eigenvalue weighted by molar-refractivity contribution is 5.88. The molecule has 0 spiro atoms. The molecule has 0 fully saturated rings. The van der Waals surface area contributed by atoms with Gasteiger partial charge in [0, 0.05) is 13.0 Å². The van der Waals surface area contributed by atoms with Gasteiger partial charge in [0.05, 0.1) is 12.5 Å². The SMILES string of the molecule is CCCC(=O)OC[C@@H](O)[C@H](O)[C@H](O)[C@@H](O)COC(=O)CCN(C)CCCCC(NC(=O)C(N)CCCCN)C(N)=O. The average molecular weight is 594 g/mol. The van der Waals surface area contributed by atoms with Gasteiger partial charge < -0.3 is 57.3 Å². The van der Waals surface area contributed by atoms with Gasteiger partial charge in [-0.25, -0.2) is 0 Å². The maximum absolute atomic E-state index is 12.2. The van der Waals surface area contributed by atoms with E-state index in [1.165, 1.54) is 0 Å². The van der Waals surface area contributed by atoms with E-state index in [0.29, 0.717) is 58.2 Å². The number of aliphatic hydroxyl groups is 4. The molecule has 6 atom stereocenters. The molecule has 2 unspecified atom stereocenters. The molecule has 0 bridgehead atoms. The standard InChI is InChI=1S/C26H51N5O10/c1-3-8-21(34)40-15-19(32)23(36)24(37)20(33)16-41-22(35)11-14-31(2)13-7-5-10-18(25(29)38)30-26(39)17(28)9-4-6-12-27/h17-20,23-24,32-33,36-37H,3-16,27-28H2,1-2H3,(H2,29,38)(H,30,39)/t17?,18?,19-,20+,23+,24-/m1/s1. The molecule has 0 heterocycles. The summed E-state index contributed by atoms with van der Waals surface area (Å²) in [6, 6.07) is -1.57. The van der Waals surface area contributed by atoms with E-state index in [1.54, 1.807) is 14.0 Å². The predicted octanol–water partition coefficient (Wildman–Crippen LogP) is -2.76. The van der Waals surface area contributed by atoms with E-state index < -0.39 is 73.5 Å². The summed E-state index contributed by atoms with van der Waals surface area (Å²) in [7, 11) is 1.78. The molecule has 11 N–H and O–H groups in total. The molecule has 0 aliphatic rings. The second kappa shape index (κ2) is 22.2. The van der Waals surface area contributed by atoms with Crippen molar-refractivity contribution in [1.29, 1.82) is 0 Å². The zero-order chi connectivity index (χ0) is 31.4. The summed E-state index contributed by atoms with van der Waals surface area (Å²) in [5, 5.41) is 42.4. The van der Waals surface area contributed by atoms with Crippen molar-refractivity contribution in [1.82, 2.24) is 10.2 Å². The fourth-order valence-electron chi connectivity index (χ4n) is 3.69. The molecule has 0 rings (SSSR count). The fourth-order valence-corrected chi connectivity index (χ4v) is 3.69. The minimum absolute atomic E-state index is 0.0140. The molecule has 240 valence electrons. The van der Waals surface area contributed by atoms with Crippen LogP contribution >= 0.6 is 0 Å². The third-order valence-corrected chi connectivity index (χ3v) is 6.37. The number of rotatable bonds is 24. The van der Waals surface area contributed by atoms with E-state index in [2.05, 4.69) is 5.32 Å². The summed E-state index contributed by atoms with van der Waals surface area (Å²) in [6.07, 6.45) is -2.79. The van der Waals surface area contributed by atoms with Gasteiger partial charge in [0.2, 0.25) is 11.8 Å². The number of carbonyl (C=O) groups excluding carboxylic acids is 4. The Bertz CT molecular complexity index is 775. The van der Waals surface area contributed by atoms with Gasteiger partial charge in [0.15, 0.2) is 0 Å². The second-order valence-electron chi connectivity index (χ2n) is 10.1. The summed E-state index contributed by atoms with van der Waals surface area (Å²) in [5.74, 6) is -2.29. The topological polar surface area (TPSA) is 261 Å². The van der Waals surface area contributed by atoms with E-state index in [1.807, 2.05) is 4.90 Å². The molecule has 15 heteroatoms. The first-order valence-electron chi connectivity index (χ1n) is 14.1. The molecule has 0 aromatic heterocycles. The van der Waals surface area contributed by atoms with E-state index in [-0.39, 0.29) is 12.8 Å². The number of hydrogen-bond acceptors (Lipinski definition) is 13. The Balaban J connectivity index is 4.27. The number of primary amides is 1. The molecule has 15 nitrogen and oxygen atoms in total. The maximum Gasteiger partial charge on any atom is 0.307 e. The summed E-state index contributed by atoms with van der Waals surface area (Å²) in [6.45, 7) is 2.02. The largest absolute Gasteiger partial charge is 0.463 e. The number of aliphatic hydroxyl groups excluding tert-OH is 4. The van der Waals surface area contributed by atoms with Gasteiger partial charge in [0.25, 0.3) is 0 Å². The number of nitrogens with one attached hydrogen (secondary N) is 1. The van der Waals surface area contributed by atoms with Crippen molar-refractivity contribution in [2.75, 3.05) is 39.9 Å². The fraction of sp³-hybridized carbons (Fsp3) is 0.846. The number of ether oxygens (including phenoxy) is 2. The van der Waals surface area contributed by atoms with Gasteiger partial charge in [-0.15, -0.1) is 0 Å². The summed E-state index contributed by atoms with van der Waals surface area (Å²) < 4.78 is 9.71. The van der Waals surface area contributed by atoms with E-state index in [0.717, 1.165) is 6.42 Å². The normalized spacial score (nSPS) is 15.8. The van der Waals surface area contributed by atoms with Crippen molar-refractivity contribution in [2.45, 2.75) is 101 Å². The van der Waals surface area contributed by atoms with Gasteiger partial charge in [-0.3, -0.25) is 19.2 Å². The van der Waals surface area contributed by atoms with Crippen LogP contribution in [0.3, 0.4) is 0 Å². The van der Waals surface area contributed by atoms with Gasteiger partial charge in [0.1, 0.15) is 43.7 Å².